The molecule has 1 fully saturated rings. The van der Waals surface area contributed by atoms with Crippen molar-refractivity contribution >= 4 is 11.8 Å². The molecule has 0 spiro atoms. The largest absolute Gasteiger partial charge is 0.416 e. The highest BCUT2D eigenvalue weighted by Gasteiger charge is 2.31. The maximum atomic E-state index is 13.0. The predicted octanol–water partition coefficient (Wildman–Crippen LogP) is 5.67. The van der Waals surface area contributed by atoms with Crippen molar-refractivity contribution in [3.63, 3.8) is 0 Å². The molecule has 0 bridgehead atoms. The third-order valence-corrected chi connectivity index (χ3v) is 6.47. The van der Waals surface area contributed by atoms with Crippen LogP contribution in [-0.4, -0.2) is 34.8 Å². The molecule has 36 heavy (non-hydrogen) atoms. The first-order valence-corrected chi connectivity index (χ1v) is 11.9. The van der Waals surface area contributed by atoms with E-state index in [1.165, 1.54) is 12.1 Å². The van der Waals surface area contributed by atoms with E-state index in [4.69, 9.17) is 0 Å². The van der Waals surface area contributed by atoms with Gasteiger partial charge in [-0.1, -0.05) is 29.8 Å². The van der Waals surface area contributed by atoms with Gasteiger partial charge in [0, 0.05) is 36.8 Å². The molecule has 2 aromatic carbocycles. The van der Waals surface area contributed by atoms with Crippen LogP contribution < -0.4 is 5.32 Å². The molecule has 1 aliphatic rings. The highest BCUT2D eigenvalue weighted by Crippen LogP contribution is 2.31. The first-order valence-electron chi connectivity index (χ1n) is 11.9. The monoisotopic (exact) mass is 495 g/mol. The number of carbonyl (C=O) groups excluding carboxylic acids is 2. The number of carbonyl (C=O) groups is 2. The fraction of sp³-hybridized carbons (Fsp3) is 0.321. The standard InChI is InChI=1S/C28H28F3N3O2/c1-18-4-3-5-20(16-18)17-32-26(35)24-11-6-19(2)33-25(24)21-12-14-34(15-13-21)27(36)22-7-9-23(10-8-22)28(29,30)31/h3-11,16,21H,12-15,17H2,1-2H3,(H,32,35). The fourth-order valence-electron chi connectivity index (χ4n) is 4.52. The molecule has 4 rings (SSSR count). The number of hydrogen-bond acceptors (Lipinski definition) is 3. The Bertz CT molecular complexity index is 1250. The van der Waals surface area contributed by atoms with Gasteiger partial charge in [-0.05, 0) is 68.7 Å². The zero-order valence-electron chi connectivity index (χ0n) is 20.2. The maximum Gasteiger partial charge on any atom is 0.416 e. The minimum atomic E-state index is -4.44. The number of pyridine rings is 1. The smallest absolute Gasteiger partial charge is 0.348 e. The summed E-state index contributed by atoms with van der Waals surface area (Å²) in [7, 11) is 0. The molecule has 0 atom stereocenters. The maximum absolute atomic E-state index is 13.0. The van der Waals surface area contributed by atoms with Crippen molar-refractivity contribution in [2.75, 3.05) is 13.1 Å². The molecular weight excluding hydrogens is 467 g/mol. The number of aromatic nitrogens is 1. The molecule has 0 saturated carbocycles. The predicted molar refractivity (Wildman–Crippen MR) is 131 cm³/mol. The number of aryl methyl sites for hydroxylation is 2. The van der Waals surface area contributed by atoms with Gasteiger partial charge in [-0.3, -0.25) is 14.6 Å². The lowest BCUT2D eigenvalue weighted by atomic mass is 9.89. The van der Waals surface area contributed by atoms with E-state index >= 15 is 0 Å². The second-order valence-corrected chi connectivity index (χ2v) is 9.20. The van der Waals surface area contributed by atoms with E-state index in [2.05, 4.69) is 10.3 Å². The number of nitrogens with zero attached hydrogens (tertiary/aromatic N) is 2. The second kappa shape index (κ2) is 10.5. The molecule has 2 heterocycles. The van der Waals surface area contributed by atoms with Crippen LogP contribution >= 0.6 is 0 Å². The lowest BCUT2D eigenvalue weighted by molar-refractivity contribution is -0.137. The van der Waals surface area contributed by atoms with Gasteiger partial charge in [-0.2, -0.15) is 13.2 Å². The van der Waals surface area contributed by atoms with Crippen molar-refractivity contribution in [2.24, 2.45) is 0 Å². The number of benzene rings is 2. The number of hydrogen-bond donors (Lipinski definition) is 1. The second-order valence-electron chi connectivity index (χ2n) is 9.20. The van der Waals surface area contributed by atoms with Gasteiger partial charge in [0.25, 0.3) is 11.8 Å². The van der Waals surface area contributed by atoms with E-state index in [-0.39, 0.29) is 23.3 Å². The number of likely N-dealkylation sites (tertiary alicyclic amines) is 1. The average Bonchev–Trinajstić information content (AvgIpc) is 2.86. The summed E-state index contributed by atoms with van der Waals surface area (Å²) in [5, 5.41) is 2.98. The summed E-state index contributed by atoms with van der Waals surface area (Å²) >= 11 is 0. The molecule has 1 aliphatic heterocycles. The van der Waals surface area contributed by atoms with Gasteiger partial charge in [0.05, 0.1) is 16.8 Å². The van der Waals surface area contributed by atoms with Crippen LogP contribution in [0.25, 0.3) is 0 Å². The van der Waals surface area contributed by atoms with E-state index in [1.807, 2.05) is 44.2 Å². The molecule has 1 aromatic heterocycles. The molecule has 0 radical (unpaired) electrons. The van der Waals surface area contributed by atoms with E-state index in [1.54, 1.807) is 11.0 Å². The SMILES string of the molecule is Cc1cccc(CNC(=O)c2ccc(C)nc2C2CCN(C(=O)c3ccc(C(F)(F)F)cc3)CC2)c1. The van der Waals surface area contributed by atoms with Crippen molar-refractivity contribution in [2.45, 2.75) is 45.3 Å². The van der Waals surface area contributed by atoms with Crippen LogP contribution in [0, 0.1) is 13.8 Å². The lowest BCUT2D eigenvalue weighted by Gasteiger charge is -2.32. The highest BCUT2D eigenvalue weighted by atomic mass is 19.4. The van der Waals surface area contributed by atoms with Gasteiger partial charge in [-0.15, -0.1) is 0 Å². The Morgan fingerprint density at radius 3 is 2.33 bits per heavy atom. The molecular formula is C28H28F3N3O2. The number of amides is 2. The van der Waals surface area contributed by atoms with Crippen LogP contribution in [0.15, 0.2) is 60.7 Å². The molecule has 1 N–H and O–H groups in total. The van der Waals surface area contributed by atoms with Gasteiger partial charge in [0.2, 0.25) is 0 Å². The van der Waals surface area contributed by atoms with Gasteiger partial charge in [0.15, 0.2) is 0 Å². The van der Waals surface area contributed by atoms with Crippen molar-refractivity contribution in [1.82, 2.24) is 15.2 Å². The third-order valence-electron chi connectivity index (χ3n) is 6.47. The highest BCUT2D eigenvalue weighted by molar-refractivity contribution is 5.96. The van der Waals surface area contributed by atoms with Crippen LogP contribution in [0.2, 0.25) is 0 Å². The summed E-state index contributed by atoms with van der Waals surface area (Å²) in [5.74, 6) is -0.487. The number of nitrogens with one attached hydrogen (secondary N) is 1. The van der Waals surface area contributed by atoms with E-state index in [9.17, 15) is 22.8 Å². The molecule has 8 heteroatoms. The number of alkyl halides is 3. The van der Waals surface area contributed by atoms with E-state index in [0.29, 0.717) is 38.0 Å². The minimum absolute atomic E-state index is 0.00118. The molecule has 3 aromatic rings. The van der Waals surface area contributed by atoms with E-state index in [0.717, 1.165) is 34.6 Å². The zero-order valence-corrected chi connectivity index (χ0v) is 20.2. The van der Waals surface area contributed by atoms with Gasteiger partial charge < -0.3 is 10.2 Å². The Balaban J connectivity index is 1.42. The topological polar surface area (TPSA) is 62.3 Å². The van der Waals surface area contributed by atoms with Gasteiger partial charge in [0.1, 0.15) is 0 Å². The summed E-state index contributed by atoms with van der Waals surface area (Å²) in [6.07, 6.45) is -3.22. The average molecular weight is 496 g/mol. The summed E-state index contributed by atoms with van der Waals surface area (Å²) in [4.78, 5) is 32.2. The van der Waals surface area contributed by atoms with E-state index < -0.39 is 11.7 Å². The van der Waals surface area contributed by atoms with Crippen LogP contribution in [0.5, 0.6) is 0 Å². The van der Waals surface area contributed by atoms with Crippen LogP contribution in [0.1, 0.15) is 67.6 Å². The summed E-state index contributed by atoms with van der Waals surface area (Å²) in [6, 6.07) is 15.8. The quantitative estimate of drug-likeness (QED) is 0.496. The first kappa shape index (κ1) is 25.4. The Labute approximate surface area is 208 Å². The summed E-state index contributed by atoms with van der Waals surface area (Å²) in [6.45, 7) is 5.16. The van der Waals surface area contributed by atoms with Crippen molar-refractivity contribution < 1.29 is 22.8 Å². The minimum Gasteiger partial charge on any atom is -0.348 e. The van der Waals surface area contributed by atoms with Crippen molar-refractivity contribution in [3.05, 3.63) is 99.9 Å². The Hall–Kier alpha value is -3.68. The molecule has 0 aliphatic carbocycles. The lowest BCUT2D eigenvalue weighted by Crippen LogP contribution is -2.38. The number of rotatable bonds is 5. The normalized spacial score (nSPS) is 14.5. The van der Waals surface area contributed by atoms with Crippen molar-refractivity contribution in [3.8, 4) is 0 Å². The number of piperidine rings is 1. The fourth-order valence-corrected chi connectivity index (χ4v) is 4.52. The molecule has 5 nitrogen and oxygen atoms in total. The first-order chi connectivity index (χ1) is 17.1. The molecule has 0 unspecified atom stereocenters. The Morgan fingerprint density at radius 1 is 1.00 bits per heavy atom. The zero-order chi connectivity index (χ0) is 25.9. The van der Waals surface area contributed by atoms with Crippen molar-refractivity contribution in [1.29, 1.82) is 0 Å². The Kier molecular flexibility index (Phi) is 7.43. The summed E-state index contributed by atoms with van der Waals surface area (Å²) in [5.41, 5.74) is 3.64. The van der Waals surface area contributed by atoms with Gasteiger partial charge >= 0.3 is 6.18 Å². The molecule has 188 valence electrons. The molecule has 1 saturated heterocycles. The van der Waals surface area contributed by atoms with Gasteiger partial charge in [-0.25, -0.2) is 0 Å². The van der Waals surface area contributed by atoms with Crippen LogP contribution in [0.3, 0.4) is 0 Å². The third kappa shape index (κ3) is 5.93. The van der Waals surface area contributed by atoms with Crippen LogP contribution in [-0.2, 0) is 12.7 Å². The number of halogens is 3. The molecule has 2 amide bonds. The van der Waals surface area contributed by atoms with Crippen LogP contribution in [0.4, 0.5) is 13.2 Å². The Morgan fingerprint density at radius 2 is 1.69 bits per heavy atom. The summed E-state index contributed by atoms with van der Waals surface area (Å²) < 4.78 is 38.5.